The molecule has 2 atom stereocenters. The maximum atomic E-state index is 2.41. The molecule has 0 aliphatic heterocycles. The molecule has 0 aromatic heterocycles. The zero-order chi connectivity index (χ0) is 16.4. The van der Waals surface area contributed by atoms with E-state index in [2.05, 4.69) is 91.9 Å². The first-order chi connectivity index (χ1) is 11.8. The smallest absolute Gasteiger partial charge is 0.0271 e. The highest BCUT2D eigenvalue weighted by molar-refractivity contribution is 5.49. The van der Waals surface area contributed by atoms with Crippen molar-refractivity contribution in [1.29, 1.82) is 0 Å². The third-order valence-electron chi connectivity index (χ3n) is 5.84. The third kappa shape index (κ3) is 2.38. The molecule has 1 aliphatic carbocycles. The van der Waals surface area contributed by atoms with Gasteiger partial charge in [-0.25, -0.2) is 0 Å². The summed E-state index contributed by atoms with van der Waals surface area (Å²) in [4.78, 5) is 0. The maximum Gasteiger partial charge on any atom is 0.0271 e. The Balaban J connectivity index is 1.96. The molecule has 4 rings (SSSR count). The van der Waals surface area contributed by atoms with Crippen LogP contribution in [0.3, 0.4) is 0 Å². The van der Waals surface area contributed by atoms with Gasteiger partial charge in [0.15, 0.2) is 0 Å². The van der Waals surface area contributed by atoms with E-state index in [1.54, 1.807) is 0 Å². The fourth-order valence-electron chi connectivity index (χ4n) is 4.63. The number of aryl methyl sites for hydroxylation is 1. The van der Waals surface area contributed by atoms with E-state index in [4.69, 9.17) is 0 Å². The van der Waals surface area contributed by atoms with Gasteiger partial charge in [-0.05, 0) is 47.4 Å². The molecule has 3 aromatic carbocycles. The van der Waals surface area contributed by atoms with E-state index in [0.717, 1.165) is 0 Å². The molecule has 0 N–H and O–H groups in total. The summed E-state index contributed by atoms with van der Waals surface area (Å²) in [5, 5.41) is 0. The summed E-state index contributed by atoms with van der Waals surface area (Å²) in [6, 6.07) is 31.2. The summed E-state index contributed by atoms with van der Waals surface area (Å²) >= 11 is 0. The molecule has 24 heavy (non-hydrogen) atoms. The molecule has 0 unspecified atom stereocenters. The lowest BCUT2D eigenvalue weighted by Gasteiger charge is -2.45. The van der Waals surface area contributed by atoms with Gasteiger partial charge in [0.2, 0.25) is 0 Å². The van der Waals surface area contributed by atoms with Crippen LogP contribution in [-0.4, -0.2) is 0 Å². The topological polar surface area (TPSA) is 0 Å². The van der Waals surface area contributed by atoms with Crippen molar-refractivity contribution in [3.05, 3.63) is 107 Å². The minimum atomic E-state index is 0.0669. The van der Waals surface area contributed by atoms with Crippen LogP contribution in [0.1, 0.15) is 47.9 Å². The van der Waals surface area contributed by atoms with E-state index in [1.807, 2.05) is 0 Å². The molecule has 120 valence electrons. The van der Waals surface area contributed by atoms with Crippen LogP contribution in [0, 0.1) is 0 Å². The first-order valence-electron chi connectivity index (χ1n) is 9.01. The highest BCUT2D eigenvalue weighted by Gasteiger charge is 2.42. The Labute approximate surface area is 145 Å². The molecule has 0 heteroatoms. The number of rotatable bonds is 3. The van der Waals surface area contributed by atoms with E-state index in [-0.39, 0.29) is 5.41 Å². The van der Waals surface area contributed by atoms with Crippen molar-refractivity contribution in [2.75, 3.05) is 0 Å². The summed E-state index contributed by atoms with van der Waals surface area (Å²) < 4.78 is 0. The van der Waals surface area contributed by atoms with Gasteiger partial charge in [-0.15, -0.1) is 0 Å². The van der Waals surface area contributed by atoms with Gasteiger partial charge < -0.3 is 0 Å². The molecule has 0 bridgehead atoms. The Kier molecular flexibility index (Phi) is 3.98. The number of hydrogen-bond donors (Lipinski definition) is 0. The van der Waals surface area contributed by atoms with Crippen LogP contribution in [0.25, 0.3) is 0 Å². The van der Waals surface area contributed by atoms with E-state index in [9.17, 15) is 0 Å². The van der Waals surface area contributed by atoms with Gasteiger partial charge in [0, 0.05) is 5.41 Å². The molecule has 0 spiro atoms. The Morgan fingerprint density at radius 2 is 1.38 bits per heavy atom. The maximum absolute atomic E-state index is 2.41. The lowest BCUT2D eigenvalue weighted by atomic mass is 9.58. The fraction of sp³-hybridized carbons (Fsp3) is 0.250. The summed E-state index contributed by atoms with van der Waals surface area (Å²) in [6.45, 7) is 2.41. The summed E-state index contributed by atoms with van der Waals surface area (Å²) in [7, 11) is 0. The van der Waals surface area contributed by atoms with Crippen LogP contribution in [0.4, 0.5) is 0 Å². The summed E-state index contributed by atoms with van der Waals surface area (Å²) in [5.41, 5.74) is 6.00. The highest BCUT2D eigenvalue weighted by atomic mass is 14.5. The van der Waals surface area contributed by atoms with E-state index < -0.39 is 0 Å². The molecule has 0 saturated heterocycles. The first kappa shape index (κ1) is 15.2. The molecule has 0 fully saturated rings. The lowest BCUT2D eigenvalue weighted by Crippen LogP contribution is -2.37. The van der Waals surface area contributed by atoms with Crippen molar-refractivity contribution in [2.24, 2.45) is 0 Å². The first-order valence-corrected chi connectivity index (χ1v) is 9.01. The largest absolute Gasteiger partial charge is 0.0622 e. The van der Waals surface area contributed by atoms with Gasteiger partial charge >= 0.3 is 0 Å². The van der Waals surface area contributed by atoms with E-state index >= 15 is 0 Å². The Hall–Kier alpha value is -2.34. The Morgan fingerprint density at radius 3 is 2.12 bits per heavy atom. The second-order valence-corrected chi connectivity index (χ2v) is 6.98. The average Bonchev–Trinajstić information content (AvgIpc) is 2.68. The zero-order valence-electron chi connectivity index (χ0n) is 14.3. The Bertz CT molecular complexity index is 804. The molecule has 1 aliphatic rings. The van der Waals surface area contributed by atoms with Gasteiger partial charge in [0.05, 0.1) is 0 Å². The van der Waals surface area contributed by atoms with Crippen LogP contribution < -0.4 is 0 Å². The van der Waals surface area contributed by atoms with Gasteiger partial charge in [-0.3, -0.25) is 0 Å². The molecule has 0 nitrogen and oxygen atoms in total. The van der Waals surface area contributed by atoms with Gasteiger partial charge in [-0.1, -0.05) is 91.9 Å². The fourth-order valence-corrected chi connectivity index (χ4v) is 4.63. The predicted octanol–water partition coefficient (Wildman–Crippen LogP) is 6.11. The zero-order valence-corrected chi connectivity index (χ0v) is 14.3. The van der Waals surface area contributed by atoms with Crippen molar-refractivity contribution in [1.82, 2.24) is 0 Å². The molecule has 0 heterocycles. The molecular formula is C24H24. The number of hydrogen-bond acceptors (Lipinski definition) is 0. The van der Waals surface area contributed by atoms with Crippen LogP contribution in [0.5, 0.6) is 0 Å². The minimum Gasteiger partial charge on any atom is -0.0622 e. The van der Waals surface area contributed by atoms with Gasteiger partial charge in [0.1, 0.15) is 0 Å². The second kappa shape index (κ2) is 6.28. The average molecular weight is 312 g/mol. The molecule has 0 amide bonds. The molecule has 0 saturated carbocycles. The molecule has 0 radical (unpaired) electrons. The predicted molar refractivity (Wildman–Crippen MR) is 101 cm³/mol. The minimum absolute atomic E-state index is 0.0669. The van der Waals surface area contributed by atoms with Crippen molar-refractivity contribution in [3.8, 4) is 0 Å². The van der Waals surface area contributed by atoms with Crippen LogP contribution in [0.2, 0.25) is 0 Å². The van der Waals surface area contributed by atoms with Crippen LogP contribution >= 0.6 is 0 Å². The highest BCUT2D eigenvalue weighted by Crippen LogP contribution is 2.51. The van der Waals surface area contributed by atoms with Crippen molar-refractivity contribution >= 4 is 0 Å². The van der Waals surface area contributed by atoms with Gasteiger partial charge in [-0.2, -0.15) is 0 Å². The standard InChI is InChI=1S/C24H24/c1-19(20-11-4-2-5-12-20)24(22-15-6-3-7-16-22)18-10-14-21-13-8-9-17-23(21)24/h2-9,11-13,15-17,19H,10,14,18H2,1H3/t19-,24+/m1/s1. The van der Waals surface area contributed by atoms with Crippen molar-refractivity contribution < 1.29 is 0 Å². The Morgan fingerprint density at radius 1 is 0.750 bits per heavy atom. The molecule has 3 aromatic rings. The van der Waals surface area contributed by atoms with Crippen molar-refractivity contribution in [2.45, 2.75) is 37.5 Å². The quantitative estimate of drug-likeness (QED) is 0.547. The van der Waals surface area contributed by atoms with Crippen LogP contribution in [-0.2, 0) is 11.8 Å². The normalized spacial score (nSPS) is 21.0. The van der Waals surface area contributed by atoms with E-state index in [0.29, 0.717) is 5.92 Å². The van der Waals surface area contributed by atoms with Gasteiger partial charge in [0.25, 0.3) is 0 Å². The molecular weight excluding hydrogens is 288 g/mol. The third-order valence-corrected chi connectivity index (χ3v) is 5.84. The van der Waals surface area contributed by atoms with Crippen molar-refractivity contribution in [3.63, 3.8) is 0 Å². The summed E-state index contributed by atoms with van der Waals surface area (Å²) in [5.74, 6) is 0.447. The van der Waals surface area contributed by atoms with E-state index in [1.165, 1.54) is 41.5 Å². The summed E-state index contributed by atoms with van der Waals surface area (Å²) in [6.07, 6.45) is 3.67. The second-order valence-electron chi connectivity index (χ2n) is 6.98. The monoisotopic (exact) mass is 312 g/mol. The van der Waals surface area contributed by atoms with Crippen LogP contribution in [0.15, 0.2) is 84.9 Å². The number of fused-ring (bicyclic) bond motifs is 1. The lowest BCUT2D eigenvalue weighted by molar-refractivity contribution is 0.367. The SMILES string of the molecule is C[C@H](c1ccccc1)[C@]1(c2ccccc2)CCCc2ccccc21. The number of benzene rings is 3.